The number of anilines is 1. The number of likely N-dealkylation sites (tertiary alicyclic amines) is 1. The summed E-state index contributed by atoms with van der Waals surface area (Å²) >= 11 is 0. The number of carbonyl (C=O) groups excluding carboxylic acids is 1. The topological polar surface area (TPSA) is 50.9 Å². The quantitative estimate of drug-likeness (QED) is 0.786. The highest BCUT2D eigenvalue weighted by atomic mass is 19.1. The number of hydrazine groups is 1. The maximum absolute atomic E-state index is 14.1. The highest BCUT2D eigenvalue weighted by Gasteiger charge is 2.37. The van der Waals surface area contributed by atoms with Gasteiger partial charge in [-0.25, -0.2) is 4.39 Å². The number of halogens is 1. The predicted molar refractivity (Wildman–Crippen MR) is 113 cm³/mol. The molecule has 7 heteroatoms. The standard InChI is InChI=1S/C22H34FN5O/c1-2-6-20-18(15-24-25-20)22(29)28-10-5-7-17(16-28)26-11-13-27(14-12-26)21-9-4-3-8-19(21)23/h3-4,8-9,17-18,20,24-25H,2,5-7,10-16H2,1H3. The lowest BCUT2D eigenvalue weighted by Gasteiger charge is -2.44. The van der Waals surface area contributed by atoms with Gasteiger partial charge >= 0.3 is 0 Å². The van der Waals surface area contributed by atoms with Gasteiger partial charge in [-0.15, -0.1) is 0 Å². The van der Waals surface area contributed by atoms with Crippen molar-refractivity contribution in [1.82, 2.24) is 20.7 Å². The average Bonchev–Trinajstić information content (AvgIpc) is 3.22. The average molecular weight is 404 g/mol. The first kappa shape index (κ1) is 20.6. The second-order valence-electron chi connectivity index (χ2n) is 8.58. The molecule has 6 nitrogen and oxygen atoms in total. The second-order valence-corrected chi connectivity index (χ2v) is 8.58. The van der Waals surface area contributed by atoms with E-state index < -0.39 is 0 Å². The third kappa shape index (κ3) is 4.57. The maximum atomic E-state index is 14.1. The molecule has 3 heterocycles. The van der Waals surface area contributed by atoms with Gasteiger partial charge in [0.1, 0.15) is 5.82 Å². The zero-order valence-corrected chi connectivity index (χ0v) is 17.4. The van der Waals surface area contributed by atoms with Gasteiger partial charge in [-0.3, -0.25) is 20.5 Å². The molecule has 2 N–H and O–H groups in total. The van der Waals surface area contributed by atoms with E-state index in [4.69, 9.17) is 0 Å². The van der Waals surface area contributed by atoms with Gasteiger partial charge in [0.15, 0.2) is 0 Å². The molecule has 0 aliphatic carbocycles. The minimum Gasteiger partial charge on any atom is -0.367 e. The Labute approximate surface area is 173 Å². The van der Waals surface area contributed by atoms with Gasteiger partial charge in [0.25, 0.3) is 0 Å². The molecule has 0 spiro atoms. The Hall–Kier alpha value is -1.70. The number of carbonyl (C=O) groups is 1. The van der Waals surface area contributed by atoms with E-state index in [1.165, 1.54) is 6.07 Å². The number of piperazine rings is 1. The summed E-state index contributed by atoms with van der Waals surface area (Å²) in [7, 11) is 0. The van der Waals surface area contributed by atoms with Crippen LogP contribution in [-0.2, 0) is 4.79 Å². The van der Waals surface area contributed by atoms with Crippen molar-refractivity contribution in [3.63, 3.8) is 0 Å². The van der Waals surface area contributed by atoms with Gasteiger partial charge < -0.3 is 9.80 Å². The number of amides is 1. The number of benzene rings is 1. The molecular weight excluding hydrogens is 369 g/mol. The largest absolute Gasteiger partial charge is 0.367 e. The molecule has 0 radical (unpaired) electrons. The fourth-order valence-corrected chi connectivity index (χ4v) is 5.11. The summed E-state index contributed by atoms with van der Waals surface area (Å²) in [5.41, 5.74) is 7.17. The molecule has 160 valence electrons. The van der Waals surface area contributed by atoms with Crippen molar-refractivity contribution in [2.45, 2.75) is 44.7 Å². The fraction of sp³-hybridized carbons (Fsp3) is 0.682. The number of rotatable bonds is 5. The summed E-state index contributed by atoms with van der Waals surface area (Å²) in [6.07, 6.45) is 4.32. The Morgan fingerprint density at radius 2 is 1.97 bits per heavy atom. The van der Waals surface area contributed by atoms with Crippen LogP contribution in [0.1, 0.15) is 32.6 Å². The Balaban J connectivity index is 1.32. The van der Waals surface area contributed by atoms with Crippen LogP contribution in [0, 0.1) is 11.7 Å². The summed E-state index contributed by atoms with van der Waals surface area (Å²) in [4.78, 5) is 19.9. The summed E-state index contributed by atoms with van der Waals surface area (Å²) in [6, 6.07) is 7.70. The highest BCUT2D eigenvalue weighted by Crippen LogP contribution is 2.24. The van der Waals surface area contributed by atoms with Crippen LogP contribution in [0.4, 0.5) is 10.1 Å². The van der Waals surface area contributed by atoms with E-state index in [2.05, 4.69) is 32.5 Å². The van der Waals surface area contributed by atoms with Gasteiger partial charge in [-0.2, -0.15) is 0 Å². The molecule has 1 amide bonds. The molecule has 0 bridgehead atoms. The monoisotopic (exact) mass is 403 g/mol. The van der Waals surface area contributed by atoms with E-state index in [9.17, 15) is 9.18 Å². The van der Waals surface area contributed by atoms with Gasteiger partial charge in [0, 0.05) is 57.9 Å². The lowest BCUT2D eigenvalue weighted by Crippen LogP contribution is -2.57. The molecule has 4 rings (SSSR count). The van der Waals surface area contributed by atoms with Crippen LogP contribution >= 0.6 is 0 Å². The molecule has 3 unspecified atom stereocenters. The third-order valence-electron chi connectivity index (χ3n) is 6.74. The Morgan fingerprint density at radius 1 is 1.17 bits per heavy atom. The van der Waals surface area contributed by atoms with E-state index in [0.717, 1.165) is 71.5 Å². The van der Waals surface area contributed by atoms with Gasteiger partial charge in [-0.05, 0) is 31.4 Å². The van der Waals surface area contributed by atoms with Crippen LogP contribution in [0.3, 0.4) is 0 Å². The summed E-state index contributed by atoms with van der Waals surface area (Å²) in [5, 5.41) is 0. The first-order valence-corrected chi connectivity index (χ1v) is 11.2. The zero-order valence-electron chi connectivity index (χ0n) is 17.4. The first-order valence-electron chi connectivity index (χ1n) is 11.2. The van der Waals surface area contributed by atoms with Crippen LogP contribution in [-0.4, -0.2) is 73.6 Å². The number of nitrogens with zero attached hydrogens (tertiary/aromatic N) is 3. The summed E-state index contributed by atoms with van der Waals surface area (Å²) in [5.74, 6) is 0.207. The number of hydrogen-bond donors (Lipinski definition) is 2. The molecular formula is C22H34FN5O. The molecule has 0 saturated carbocycles. The summed E-state index contributed by atoms with van der Waals surface area (Å²) in [6.45, 7) is 8.11. The van der Waals surface area contributed by atoms with Crippen molar-refractivity contribution < 1.29 is 9.18 Å². The zero-order chi connectivity index (χ0) is 20.2. The first-order chi connectivity index (χ1) is 14.2. The molecule has 1 aromatic carbocycles. The smallest absolute Gasteiger partial charge is 0.228 e. The Bertz CT molecular complexity index is 694. The number of hydrogen-bond acceptors (Lipinski definition) is 5. The van der Waals surface area contributed by atoms with E-state index >= 15 is 0 Å². The molecule has 3 atom stereocenters. The second kappa shape index (κ2) is 9.41. The van der Waals surface area contributed by atoms with Gasteiger partial charge in [-0.1, -0.05) is 25.5 Å². The number of piperidine rings is 1. The molecule has 1 aromatic rings. The molecule has 3 saturated heterocycles. The van der Waals surface area contributed by atoms with Gasteiger partial charge in [0.2, 0.25) is 5.91 Å². The van der Waals surface area contributed by atoms with E-state index in [1.54, 1.807) is 6.07 Å². The van der Waals surface area contributed by atoms with Crippen LogP contribution in [0.5, 0.6) is 0 Å². The van der Waals surface area contributed by atoms with Crippen molar-refractivity contribution >= 4 is 11.6 Å². The molecule has 3 aliphatic heterocycles. The third-order valence-corrected chi connectivity index (χ3v) is 6.74. The maximum Gasteiger partial charge on any atom is 0.228 e. The lowest BCUT2D eigenvalue weighted by atomic mass is 9.94. The van der Waals surface area contributed by atoms with Crippen molar-refractivity contribution in [2.24, 2.45) is 5.92 Å². The normalized spacial score (nSPS) is 28.7. The van der Waals surface area contributed by atoms with Crippen molar-refractivity contribution in [3.05, 3.63) is 30.1 Å². The van der Waals surface area contributed by atoms with Crippen LogP contribution in [0.2, 0.25) is 0 Å². The minimum absolute atomic E-state index is 0.0478. The lowest BCUT2D eigenvalue weighted by molar-refractivity contribution is -0.137. The van der Waals surface area contributed by atoms with Crippen LogP contribution < -0.4 is 15.8 Å². The molecule has 3 fully saturated rings. The molecule has 0 aromatic heterocycles. The van der Waals surface area contributed by atoms with Crippen molar-refractivity contribution in [1.29, 1.82) is 0 Å². The Kier molecular flexibility index (Phi) is 6.67. The van der Waals surface area contributed by atoms with E-state index in [0.29, 0.717) is 17.6 Å². The van der Waals surface area contributed by atoms with E-state index in [-0.39, 0.29) is 17.8 Å². The predicted octanol–water partition coefficient (Wildman–Crippen LogP) is 1.83. The van der Waals surface area contributed by atoms with Crippen LogP contribution in [0.15, 0.2) is 24.3 Å². The SMILES string of the molecule is CCCC1NNCC1C(=O)N1CCCC(N2CCN(c3ccccc3F)CC2)C1. The summed E-state index contributed by atoms with van der Waals surface area (Å²) < 4.78 is 14.1. The minimum atomic E-state index is -0.143. The Morgan fingerprint density at radius 3 is 2.72 bits per heavy atom. The number of nitrogens with one attached hydrogen (secondary N) is 2. The van der Waals surface area contributed by atoms with Crippen LogP contribution in [0.25, 0.3) is 0 Å². The molecule has 3 aliphatic rings. The van der Waals surface area contributed by atoms with E-state index in [1.807, 2.05) is 12.1 Å². The molecule has 29 heavy (non-hydrogen) atoms. The van der Waals surface area contributed by atoms with Crippen molar-refractivity contribution in [3.8, 4) is 0 Å². The fourth-order valence-electron chi connectivity index (χ4n) is 5.11. The highest BCUT2D eigenvalue weighted by molar-refractivity contribution is 5.80. The number of para-hydroxylation sites is 1. The van der Waals surface area contributed by atoms with Crippen molar-refractivity contribution in [2.75, 3.05) is 50.7 Å². The van der Waals surface area contributed by atoms with Gasteiger partial charge in [0.05, 0.1) is 11.6 Å².